The Morgan fingerprint density at radius 2 is 1.76 bits per heavy atom. The lowest BCUT2D eigenvalue weighted by Gasteiger charge is -2.24. The molecule has 1 heterocycles. The largest absolute Gasteiger partial charge is 0.497 e. The lowest BCUT2D eigenvalue weighted by molar-refractivity contribution is -0.118. The number of fused-ring (bicyclic) bond motifs is 1. The standard InChI is InChI=1S/C24H30ClN3O4S2/c1-5-27(6-2)14-15-28(24-26-23-17(3)20(25)11-12-21(23)33-24)22(29)13-16-34(30,31)19-9-7-18(32-4)8-10-19/h7-12H,5-6,13-16H2,1-4H3. The molecule has 0 atom stereocenters. The molecule has 0 unspecified atom stereocenters. The summed E-state index contributed by atoms with van der Waals surface area (Å²) in [4.78, 5) is 22.0. The molecular formula is C24H30ClN3O4S2. The normalized spacial score (nSPS) is 11.8. The fourth-order valence-corrected chi connectivity index (χ4v) is 6.02. The number of amides is 1. The number of methoxy groups -OCH3 is 1. The topological polar surface area (TPSA) is 79.8 Å². The van der Waals surface area contributed by atoms with Crippen LogP contribution >= 0.6 is 22.9 Å². The Morgan fingerprint density at radius 1 is 1.09 bits per heavy atom. The van der Waals surface area contributed by atoms with Gasteiger partial charge in [0.2, 0.25) is 5.91 Å². The number of ether oxygens (including phenoxy) is 1. The maximum absolute atomic E-state index is 13.3. The Hall–Kier alpha value is -2.20. The van der Waals surface area contributed by atoms with Crippen molar-refractivity contribution < 1.29 is 17.9 Å². The van der Waals surface area contributed by atoms with Gasteiger partial charge in [0.25, 0.3) is 0 Å². The summed E-state index contributed by atoms with van der Waals surface area (Å²) in [5.41, 5.74) is 1.62. The fraction of sp³-hybridized carbons (Fsp3) is 0.417. The molecule has 1 amide bonds. The van der Waals surface area contributed by atoms with Crippen molar-refractivity contribution in [3.8, 4) is 5.75 Å². The number of thiazole rings is 1. The second kappa shape index (κ2) is 11.5. The van der Waals surface area contributed by atoms with Gasteiger partial charge in [-0.2, -0.15) is 0 Å². The van der Waals surface area contributed by atoms with E-state index < -0.39 is 9.84 Å². The number of halogens is 1. The van der Waals surface area contributed by atoms with Crippen LogP contribution < -0.4 is 9.64 Å². The number of carbonyl (C=O) groups is 1. The van der Waals surface area contributed by atoms with E-state index >= 15 is 0 Å². The average Bonchev–Trinajstić information content (AvgIpc) is 3.27. The third kappa shape index (κ3) is 6.07. The van der Waals surface area contributed by atoms with E-state index in [2.05, 4.69) is 18.7 Å². The highest BCUT2D eigenvalue weighted by Crippen LogP contribution is 2.34. The highest BCUT2D eigenvalue weighted by atomic mass is 35.5. The molecule has 34 heavy (non-hydrogen) atoms. The minimum atomic E-state index is -3.62. The quantitative estimate of drug-likeness (QED) is 0.359. The summed E-state index contributed by atoms with van der Waals surface area (Å²) in [5.74, 6) is 0.0197. The highest BCUT2D eigenvalue weighted by molar-refractivity contribution is 7.91. The number of benzene rings is 2. The summed E-state index contributed by atoms with van der Waals surface area (Å²) in [6.07, 6.45) is -0.137. The predicted molar refractivity (Wildman–Crippen MR) is 139 cm³/mol. The highest BCUT2D eigenvalue weighted by Gasteiger charge is 2.24. The van der Waals surface area contributed by atoms with Crippen molar-refractivity contribution in [2.24, 2.45) is 0 Å². The molecule has 3 aromatic rings. The molecular weight excluding hydrogens is 494 g/mol. The molecule has 0 saturated carbocycles. The molecule has 0 aliphatic rings. The molecule has 0 fully saturated rings. The van der Waals surface area contributed by atoms with Crippen LogP contribution in [-0.2, 0) is 14.6 Å². The van der Waals surface area contributed by atoms with Crippen LogP contribution in [0.4, 0.5) is 5.13 Å². The third-order valence-corrected chi connectivity index (χ3v) is 8.99. The zero-order chi connectivity index (χ0) is 24.9. The van der Waals surface area contributed by atoms with Crippen LogP contribution in [0.3, 0.4) is 0 Å². The number of sulfone groups is 1. The SMILES string of the molecule is CCN(CC)CCN(C(=O)CCS(=O)(=O)c1ccc(OC)cc1)c1nc2c(C)c(Cl)ccc2s1. The van der Waals surface area contributed by atoms with Crippen LogP contribution in [0.25, 0.3) is 10.2 Å². The molecule has 2 aromatic carbocycles. The van der Waals surface area contributed by atoms with E-state index in [0.717, 1.165) is 28.9 Å². The lowest BCUT2D eigenvalue weighted by Crippen LogP contribution is -2.39. The van der Waals surface area contributed by atoms with Gasteiger partial charge in [-0.3, -0.25) is 9.69 Å². The summed E-state index contributed by atoms with van der Waals surface area (Å²) in [6.45, 7) is 8.85. The summed E-state index contributed by atoms with van der Waals surface area (Å²) >= 11 is 7.67. The van der Waals surface area contributed by atoms with Crippen LogP contribution in [0.15, 0.2) is 41.3 Å². The van der Waals surface area contributed by atoms with E-state index in [0.29, 0.717) is 29.0 Å². The van der Waals surface area contributed by atoms with Crippen molar-refractivity contribution in [3.63, 3.8) is 0 Å². The molecule has 10 heteroatoms. The molecule has 0 saturated heterocycles. The first kappa shape index (κ1) is 26.4. The van der Waals surface area contributed by atoms with Crippen LogP contribution in [0.1, 0.15) is 25.8 Å². The first-order valence-electron chi connectivity index (χ1n) is 11.1. The number of hydrogen-bond donors (Lipinski definition) is 0. The van der Waals surface area contributed by atoms with Gasteiger partial charge in [0.05, 0.1) is 28.0 Å². The van der Waals surface area contributed by atoms with Gasteiger partial charge in [0.1, 0.15) is 5.75 Å². The monoisotopic (exact) mass is 523 g/mol. The smallest absolute Gasteiger partial charge is 0.229 e. The molecule has 0 aliphatic heterocycles. The van der Waals surface area contributed by atoms with E-state index in [1.54, 1.807) is 17.0 Å². The van der Waals surface area contributed by atoms with Crippen molar-refractivity contribution >= 4 is 54.0 Å². The molecule has 0 aliphatic carbocycles. The van der Waals surface area contributed by atoms with Gasteiger partial charge in [-0.25, -0.2) is 13.4 Å². The van der Waals surface area contributed by atoms with E-state index in [1.807, 2.05) is 19.1 Å². The lowest BCUT2D eigenvalue weighted by atomic mass is 10.2. The molecule has 0 bridgehead atoms. The third-order valence-electron chi connectivity index (χ3n) is 5.81. The Kier molecular flexibility index (Phi) is 8.92. The summed E-state index contributed by atoms with van der Waals surface area (Å²) in [7, 11) is -2.10. The average molecular weight is 524 g/mol. The molecule has 7 nitrogen and oxygen atoms in total. The Morgan fingerprint density at radius 3 is 2.38 bits per heavy atom. The summed E-state index contributed by atoms with van der Waals surface area (Å²) in [5, 5.41) is 1.18. The Balaban J connectivity index is 1.83. The van der Waals surface area contributed by atoms with Gasteiger partial charge in [-0.15, -0.1) is 0 Å². The zero-order valence-electron chi connectivity index (χ0n) is 19.9. The molecule has 184 valence electrons. The van der Waals surface area contributed by atoms with Gasteiger partial charge in [-0.05, 0) is 62.0 Å². The number of likely N-dealkylation sites (N-methyl/N-ethyl adjacent to an activating group) is 1. The molecule has 0 spiro atoms. The number of aromatic nitrogens is 1. The Bertz CT molecular complexity index is 1240. The van der Waals surface area contributed by atoms with Gasteiger partial charge in [0, 0.05) is 24.5 Å². The Labute approximate surface area is 210 Å². The number of anilines is 1. The van der Waals surface area contributed by atoms with Crippen molar-refractivity contribution in [1.29, 1.82) is 0 Å². The van der Waals surface area contributed by atoms with Gasteiger partial charge < -0.3 is 9.64 Å². The van der Waals surface area contributed by atoms with Gasteiger partial charge >= 0.3 is 0 Å². The van der Waals surface area contributed by atoms with Crippen LogP contribution in [-0.4, -0.2) is 63.3 Å². The van der Waals surface area contributed by atoms with E-state index in [-0.39, 0.29) is 23.0 Å². The maximum atomic E-state index is 13.3. The van der Waals surface area contributed by atoms with E-state index in [4.69, 9.17) is 21.3 Å². The van der Waals surface area contributed by atoms with Crippen molar-refractivity contribution in [1.82, 2.24) is 9.88 Å². The molecule has 0 N–H and O–H groups in total. The number of rotatable bonds is 11. The maximum Gasteiger partial charge on any atom is 0.229 e. The van der Waals surface area contributed by atoms with Crippen molar-refractivity contribution in [3.05, 3.63) is 47.0 Å². The fourth-order valence-electron chi connectivity index (χ4n) is 3.57. The van der Waals surface area contributed by atoms with Crippen molar-refractivity contribution in [2.75, 3.05) is 43.9 Å². The van der Waals surface area contributed by atoms with Crippen LogP contribution in [0, 0.1) is 6.92 Å². The number of aryl methyl sites for hydroxylation is 1. The molecule has 0 radical (unpaired) electrons. The number of hydrogen-bond acceptors (Lipinski definition) is 7. The summed E-state index contributed by atoms with van der Waals surface area (Å²) < 4.78 is 31.7. The van der Waals surface area contributed by atoms with Crippen LogP contribution in [0.5, 0.6) is 5.75 Å². The molecule has 1 aromatic heterocycles. The minimum Gasteiger partial charge on any atom is -0.497 e. The second-order valence-electron chi connectivity index (χ2n) is 7.83. The van der Waals surface area contributed by atoms with Crippen LogP contribution in [0.2, 0.25) is 5.02 Å². The first-order valence-corrected chi connectivity index (χ1v) is 14.0. The first-order chi connectivity index (χ1) is 16.2. The van der Waals surface area contributed by atoms with Crippen molar-refractivity contribution in [2.45, 2.75) is 32.1 Å². The van der Waals surface area contributed by atoms with E-state index in [1.165, 1.54) is 30.6 Å². The van der Waals surface area contributed by atoms with Gasteiger partial charge in [-0.1, -0.05) is 36.8 Å². The minimum absolute atomic E-state index is 0.137. The number of carbonyl (C=O) groups excluding carboxylic acids is 1. The summed E-state index contributed by atoms with van der Waals surface area (Å²) in [6, 6.07) is 9.91. The predicted octanol–water partition coefficient (Wildman–Crippen LogP) is 4.81. The number of nitrogens with zero attached hydrogens (tertiary/aromatic N) is 3. The second-order valence-corrected chi connectivity index (χ2v) is 11.4. The van der Waals surface area contributed by atoms with E-state index in [9.17, 15) is 13.2 Å². The molecule has 3 rings (SSSR count). The zero-order valence-corrected chi connectivity index (χ0v) is 22.3. The van der Waals surface area contributed by atoms with Gasteiger partial charge in [0.15, 0.2) is 15.0 Å².